The molecule has 0 N–H and O–H groups in total. The van der Waals surface area contributed by atoms with Gasteiger partial charge < -0.3 is 9.47 Å². The summed E-state index contributed by atoms with van der Waals surface area (Å²) in [5.41, 5.74) is 0.482. The molecule has 0 amide bonds. The number of rotatable bonds is 6. The van der Waals surface area contributed by atoms with Gasteiger partial charge in [0.1, 0.15) is 5.75 Å². The number of hydrogen-bond donors (Lipinski definition) is 0. The molecule has 1 aromatic rings. The zero-order chi connectivity index (χ0) is 13.8. The summed E-state index contributed by atoms with van der Waals surface area (Å²) in [6, 6.07) is 5.39. The second-order valence-electron chi connectivity index (χ2n) is 4.76. The van der Waals surface area contributed by atoms with Crippen molar-refractivity contribution >= 4 is 21.7 Å². The molecular formula is C14H19BrO3. The van der Waals surface area contributed by atoms with Gasteiger partial charge in [0.2, 0.25) is 0 Å². The number of halogens is 1. The molecule has 0 heterocycles. The van der Waals surface area contributed by atoms with Crippen LogP contribution in [0, 0.1) is 0 Å². The van der Waals surface area contributed by atoms with Gasteiger partial charge in [-0.25, -0.2) is 0 Å². The highest BCUT2D eigenvalue weighted by Gasteiger charge is 2.16. The molecule has 0 spiro atoms. The summed E-state index contributed by atoms with van der Waals surface area (Å²) >= 11 is 3.37. The van der Waals surface area contributed by atoms with E-state index in [9.17, 15) is 4.79 Å². The Morgan fingerprint density at radius 3 is 2.56 bits per heavy atom. The van der Waals surface area contributed by atoms with E-state index >= 15 is 0 Å². The van der Waals surface area contributed by atoms with E-state index in [-0.39, 0.29) is 11.4 Å². The van der Waals surface area contributed by atoms with Crippen molar-refractivity contribution in [2.24, 2.45) is 0 Å². The lowest BCUT2D eigenvalue weighted by atomic mass is 10.1. The summed E-state index contributed by atoms with van der Waals surface area (Å²) in [5, 5.41) is 0. The van der Waals surface area contributed by atoms with E-state index < -0.39 is 0 Å². The Morgan fingerprint density at radius 2 is 2.06 bits per heavy atom. The molecule has 100 valence electrons. The molecule has 1 aromatic carbocycles. The van der Waals surface area contributed by atoms with E-state index in [0.717, 1.165) is 16.6 Å². The monoisotopic (exact) mass is 314 g/mol. The van der Waals surface area contributed by atoms with Crippen molar-refractivity contribution in [1.29, 1.82) is 0 Å². The highest BCUT2D eigenvalue weighted by molar-refractivity contribution is 9.10. The maximum Gasteiger partial charge on any atom is 0.160 e. The maximum atomic E-state index is 11.3. The number of ketones is 1. The van der Waals surface area contributed by atoms with Crippen molar-refractivity contribution in [3.8, 4) is 5.75 Å². The van der Waals surface area contributed by atoms with Crippen LogP contribution >= 0.6 is 15.9 Å². The number of Topliss-reactive ketones (excluding diaryl/α,β-unsaturated/α-hetero) is 1. The summed E-state index contributed by atoms with van der Waals surface area (Å²) in [6.45, 7) is 6.16. The van der Waals surface area contributed by atoms with E-state index in [2.05, 4.69) is 15.9 Å². The third-order valence-corrected chi connectivity index (χ3v) is 3.50. The lowest BCUT2D eigenvalue weighted by molar-refractivity contribution is 0.00545. The molecule has 0 unspecified atom stereocenters. The van der Waals surface area contributed by atoms with Crippen LogP contribution in [0.1, 0.15) is 37.6 Å². The minimum Gasteiger partial charge on any atom is -0.493 e. The molecule has 18 heavy (non-hydrogen) atoms. The summed E-state index contributed by atoms with van der Waals surface area (Å²) in [4.78, 5) is 11.3. The standard InChI is InChI=1S/C14H19BrO3/c1-10(16)12-6-5-11(9-13(12)15)18-8-7-14(2,3)17-4/h5-6,9H,7-8H2,1-4H3. The summed E-state index contributed by atoms with van der Waals surface area (Å²) in [7, 11) is 1.69. The Labute approximate surface area is 117 Å². The van der Waals surface area contributed by atoms with Crippen LogP contribution in [0.15, 0.2) is 22.7 Å². The van der Waals surface area contributed by atoms with Gasteiger partial charge in [0.15, 0.2) is 5.78 Å². The highest BCUT2D eigenvalue weighted by atomic mass is 79.9. The molecular weight excluding hydrogens is 296 g/mol. The van der Waals surface area contributed by atoms with Gasteiger partial charge in [-0.05, 0) is 54.9 Å². The fourth-order valence-electron chi connectivity index (χ4n) is 1.39. The number of carbonyl (C=O) groups excluding carboxylic acids is 1. The molecule has 0 saturated heterocycles. The Kier molecular flexibility index (Phi) is 5.35. The zero-order valence-electron chi connectivity index (χ0n) is 11.2. The fraction of sp³-hybridized carbons (Fsp3) is 0.500. The van der Waals surface area contributed by atoms with Gasteiger partial charge in [0.25, 0.3) is 0 Å². The number of methoxy groups -OCH3 is 1. The van der Waals surface area contributed by atoms with Gasteiger partial charge in [-0.1, -0.05) is 0 Å². The quantitative estimate of drug-likeness (QED) is 0.748. The van der Waals surface area contributed by atoms with Crippen molar-refractivity contribution in [3.05, 3.63) is 28.2 Å². The van der Waals surface area contributed by atoms with Crippen molar-refractivity contribution in [2.75, 3.05) is 13.7 Å². The van der Waals surface area contributed by atoms with Crippen LogP contribution in [-0.4, -0.2) is 25.1 Å². The van der Waals surface area contributed by atoms with Gasteiger partial charge in [-0.3, -0.25) is 4.79 Å². The second-order valence-corrected chi connectivity index (χ2v) is 5.61. The number of ether oxygens (including phenoxy) is 2. The molecule has 0 aliphatic carbocycles. The van der Waals surface area contributed by atoms with Crippen LogP contribution in [0.5, 0.6) is 5.75 Å². The largest absolute Gasteiger partial charge is 0.493 e. The number of benzene rings is 1. The van der Waals surface area contributed by atoms with Crippen LogP contribution < -0.4 is 4.74 Å². The summed E-state index contributed by atoms with van der Waals surface area (Å²) < 4.78 is 11.7. The first-order valence-corrected chi connectivity index (χ1v) is 6.63. The second kappa shape index (κ2) is 6.34. The molecule has 0 bridgehead atoms. The summed E-state index contributed by atoms with van der Waals surface area (Å²) in [6.07, 6.45) is 0.801. The van der Waals surface area contributed by atoms with Crippen LogP contribution in [0.4, 0.5) is 0 Å². The third-order valence-electron chi connectivity index (χ3n) is 2.85. The minimum atomic E-state index is -0.184. The van der Waals surface area contributed by atoms with Gasteiger partial charge in [0, 0.05) is 23.6 Å². The maximum absolute atomic E-state index is 11.3. The minimum absolute atomic E-state index is 0.0361. The molecule has 0 atom stereocenters. The van der Waals surface area contributed by atoms with Crippen LogP contribution in [-0.2, 0) is 4.74 Å². The molecule has 1 rings (SSSR count). The molecule has 0 aliphatic heterocycles. The molecule has 0 aromatic heterocycles. The van der Waals surface area contributed by atoms with E-state index in [4.69, 9.17) is 9.47 Å². The molecule has 0 saturated carbocycles. The highest BCUT2D eigenvalue weighted by Crippen LogP contribution is 2.24. The average Bonchev–Trinajstić information content (AvgIpc) is 2.28. The predicted octanol–water partition coefficient (Wildman–Crippen LogP) is 3.85. The predicted molar refractivity (Wildman–Crippen MR) is 75.3 cm³/mol. The van der Waals surface area contributed by atoms with Crippen molar-refractivity contribution in [1.82, 2.24) is 0 Å². The van der Waals surface area contributed by atoms with Gasteiger partial charge in [-0.2, -0.15) is 0 Å². The average molecular weight is 315 g/mol. The van der Waals surface area contributed by atoms with Gasteiger partial charge in [0.05, 0.1) is 12.2 Å². The first-order chi connectivity index (χ1) is 8.35. The molecule has 3 nitrogen and oxygen atoms in total. The third kappa shape index (κ3) is 4.42. The van der Waals surface area contributed by atoms with Crippen LogP contribution in [0.2, 0.25) is 0 Å². The SMILES string of the molecule is COC(C)(C)CCOc1ccc(C(C)=O)c(Br)c1. The fourth-order valence-corrected chi connectivity index (χ4v) is 2.02. The van der Waals surface area contributed by atoms with E-state index in [1.807, 2.05) is 19.9 Å². The van der Waals surface area contributed by atoms with Gasteiger partial charge in [-0.15, -0.1) is 0 Å². The molecule has 0 fully saturated rings. The van der Waals surface area contributed by atoms with E-state index in [0.29, 0.717) is 12.2 Å². The Morgan fingerprint density at radius 1 is 1.39 bits per heavy atom. The number of carbonyl (C=O) groups is 1. The molecule has 0 aliphatic rings. The van der Waals surface area contributed by atoms with Crippen molar-refractivity contribution < 1.29 is 14.3 Å². The molecule has 0 radical (unpaired) electrons. The Balaban J connectivity index is 2.59. The van der Waals surface area contributed by atoms with Crippen molar-refractivity contribution in [2.45, 2.75) is 32.8 Å². The first-order valence-electron chi connectivity index (χ1n) is 5.84. The van der Waals surface area contributed by atoms with E-state index in [1.54, 1.807) is 26.2 Å². The van der Waals surface area contributed by atoms with Crippen LogP contribution in [0.25, 0.3) is 0 Å². The van der Waals surface area contributed by atoms with Gasteiger partial charge >= 0.3 is 0 Å². The van der Waals surface area contributed by atoms with Crippen molar-refractivity contribution in [3.63, 3.8) is 0 Å². The van der Waals surface area contributed by atoms with Crippen LogP contribution in [0.3, 0.4) is 0 Å². The first kappa shape index (κ1) is 15.2. The molecule has 4 heteroatoms. The Hall–Kier alpha value is -0.870. The zero-order valence-corrected chi connectivity index (χ0v) is 12.8. The lowest BCUT2D eigenvalue weighted by Gasteiger charge is -2.22. The topological polar surface area (TPSA) is 35.5 Å². The number of hydrogen-bond acceptors (Lipinski definition) is 3. The normalized spacial score (nSPS) is 11.4. The lowest BCUT2D eigenvalue weighted by Crippen LogP contribution is -2.25. The summed E-state index contributed by atoms with van der Waals surface area (Å²) in [5.74, 6) is 0.785. The Bertz CT molecular complexity index is 427. The van der Waals surface area contributed by atoms with E-state index in [1.165, 1.54) is 0 Å². The smallest absolute Gasteiger partial charge is 0.160 e.